The van der Waals surface area contributed by atoms with Crippen molar-refractivity contribution in [1.29, 1.82) is 0 Å². The minimum atomic E-state index is -3.87. The number of nitrogens with zero attached hydrogens (tertiary/aromatic N) is 2. The molecule has 0 heterocycles. The van der Waals surface area contributed by atoms with Gasteiger partial charge in [0.05, 0.1) is 11.9 Å². The van der Waals surface area contributed by atoms with E-state index in [0.717, 1.165) is 40.1 Å². The highest BCUT2D eigenvalue weighted by atomic mass is 32.2. The third-order valence-electron chi connectivity index (χ3n) is 6.86. The number of rotatable bonds is 13. The van der Waals surface area contributed by atoms with E-state index in [2.05, 4.69) is 5.32 Å². The Balaban J connectivity index is 2.05. The highest BCUT2D eigenvalue weighted by Gasteiger charge is 2.33. The average Bonchev–Trinajstić information content (AvgIpc) is 2.91. The lowest BCUT2D eigenvalue weighted by molar-refractivity contribution is -0.140. The van der Waals surface area contributed by atoms with Crippen LogP contribution in [0, 0.1) is 19.7 Å². The predicted molar refractivity (Wildman–Crippen MR) is 157 cm³/mol. The number of anilines is 1. The van der Waals surface area contributed by atoms with Gasteiger partial charge in [-0.05, 0) is 55.2 Å². The Labute approximate surface area is 237 Å². The number of aryl methyl sites for hydroxylation is 2. The number of carbonyl (C=O) groups is 2. The first-order valence-electron chi connectivity index (χ1n) is 13.4. The second-order valence-electron chi connectivity index (χ2n) is 10.0. The standard InChI is InChI=1S/C31H38FN3O4S/c1-5-6-18-33-31(37)29(20-25-12-8-7-9-13-25)34(21-26-14-10-11-15-28(26)32)30(36)22-35(40(4,38)39)27-17-16-23(2)24(3)19-27/h7-17,19,29H,5-6,18,20-22H2,1-4H3,(H,33,37)/t29-/m0/s1. The summed E-state index contributed by atoms with van der Waals surface area (Å²) < 4.78 is 41.6. The Morgan fingerprint density at radius 2 is 1.62 bits per heavy atom. The molecule has 0 aliphatic heterocycles. The van der Waals surface area contributed by atoms with Gasteiger partial charge in [0.2, 0.25) is 21.8 Å². The Bertz CT molecular complexity index is 1410. The maximum absolute atomic E-state index is 14.8. The van der Waals surface area contributed by atoms with Crippen molar-refractivity contribution in [1.82, 2.24) is 10.2 Å². The van der Waals surface area contributed by atoms with E-state index in [-0.39, 0.29) is 24.4 Å². The Morgan fingerprint density at radius 1 is 0.950 bits per heavy atom. The summed E-state index contributed by atoms with van der Waals surface area (Å²) in [7, 11) is -3.87. The molecule has 40 heavy (non-hydrogen) atoms. The van der Waals surface area contributed by atoms with E-state index in [1.54, 1.807) is 36.4 Å². The van der Waals surface area contributed by atoms with E-state index < -0.39 is 34.3 Å². The molecule has 7 nitrogen and oxygen atoms in total. The number of unbranched alkanes of at least 4 members (excludes halogenated alkanes) is 1. The SMILES string of the molecule is CCCCNC(=O)[C@H](Cc1ccccc1)N(Cc1ccccc1F)C(=O)CN(c1ccc(C)c(C)c1)S(C)(=O)=O. The van der Waals surface area contributed by atoms with Crippen molar-refractivity contribution in [3.63, 3.8) is 0 Å². The van der Waals surface area contributed by atoms with Gasteiger partial charge in [-0.25, -0.2) is 12.8 Å². The summed E-state index contributed by atoms with van der Waals surface area (Å²) in [5.74, 6) is -1.50. The van der Waals surface area contributed by atoms with Crippen molar-refractivity contribution in [2.24, 2.45) is 0 Å². The zero-order valence-corrected chi connectivity index (χ0v) is 24.4. The molecule has 0 aliphatic carbocycles. The Morgan fingerprint density at radius 3 is 2.25 bits per heavy atom. The summed E-state index contributed by atoms with van der Waals surface area (Å²) in [6.07, 6.45) is 2.86. The second-order valence-corrected chi connectivity index (χ2v) is 11.9. The number of nitrogens with one attached hydrogen (secondary N) is 1. The fourth-order valence-electron chi connectivity index (χ4n) is 4.36. The fraction of sp³-hybridized carbons (Fsp3) is 0.355. The molecule has 9 heteroatoms. The number of hydrogen-bond donors (Lipinski definition) is 1. The fourth-order valence-corrected chi connectivity index (χ4v) is 5.21. The van der Waals surface area contributed by atoms with Gasteiger partial charge in [-0.1, -0.05) is 67.9 Å². The number of amides is 2. The highest BCUT2D eigenvalue weighted by Crippen LogP contribution is 2.23. The normalized spacial score (nSPS) is 12.0. The summed E-state index contributed by atoms with van der Waals surface area (Å²) in [6, 6.07) is 19.5. The van der Waals surface area contributed by atoms with E-state index in [1.165, 1.54) is 11.0 Å². The topological polar surface area (TPSA) is 86.8 Å². The molecule has 3 aromatic carbocycles. The van der Waals surface area contributed by atoms with E-state index >= 15 is 0 Å². The molecule has 0 bridgehead atoms. The monoisotopic (exact) mass is 567 g/mol. The second kappa shape index (κ2) is 14.1. The van der Waals surface area contributed by atoms with Gasteiger partial charge in [0, 0.05) is 25.1 Å². The summed E-state index contributed by atoms with van der Waals surface area (Å²) in [6.45, 7) is 5.48. The van der Waals surface area contributed by atoms with Crippen LogP contribution in [-0.4, -0.2) is 50.5 Å². The van der Waals surface area contributed by atoms with Crippen LogP contribution in [0.3, 0.4) is 0 Å². The van der Waals surface area contributed by atoms with Crippen LogP contribution in [0.4, 0.5) is 10.1 Å². The van der Waals surface area contributed by atoms with Gasteiger partial charge in [-0.2, -0.15) is 0 Å². The number of benzene rings is 3. The van der Waals surface area contributed by atoms with Crippen molar-refractivity contribution < 1.29 is 22.4 Å². The Kier molecular flexibility index (Phi) is 10.8. The van der Waals surface area contributed by atoms with E-state index in [9.17, 15) is 22.4 Å². The molecule has 214 valence electrons. The maximum atomic E-state index is 14.8. The lowest BCUT2D eigenvalue weighted by Crippen LogP contribution is -2.53. The van der Waals surface area contributed by atoms with Gasteiger partial charge in [0.25, 0.3) is 0 Å². The van der Waals surface area contributed by atoms with Crippen molar-refractivity contribution in [3.05, 3.63) is 101 Å². The molecule has 1 atom stereocenters. The minimum absolute atomic E-state index is 0.182. The van der Waals surface area contributed by atoms with Crippen molar-refractivity contribution in [2.75, 3.05) is 23.7 Å². The molecule has 0 radical (unpaired) electrons. The first-order chi connectivity index (χ1) is 19.0. The zero-order valence-electron chi connectivity index (χ0n) is 23.6. The summed E-state index contributed by atoms with van der Waals surface area (Å²) in [5.41, 5.74) is 3.25. The smallest absolute Gasteiger partial charge is 0.244 e. The molecular formula is C31H38FN3O4S. The number of sulfonamides is 1. The predicted octanol–water partition coefficient (Wildman–Crippen LogP) is 4.76. The minimum Gasteiger partial charge on any atom is -0.354 e. The molecule has 0 aromatic heterocycles. The largest absolute Gasteiger partial charge is 0.354 e. The van der Waals surface area contributed by atoms with E-state index in [1.807, 2.05) is 51.1 Å². The highest BCUT2D eigenvalue weighted by molar-refractivity contribution is 7.92. The lowest BCUT2D eigenvalue weighted by atomic mass is 10.0. The number of hydrogen-bond acceptors (Lipinski definition) is 4. The molecule has 3 rings (SSSR count). The van der Waals surface area contributed by atoms with Gasteiger partial charge in [-0.15, -0.1) is 0 Å². The molecule has 3 aromatic rings. The number of halogens is 1. The molecule has 0 fully saturated rings. The van der Waals surface area contributed by atoms with Gasteiger partial charge in [0.1, 0.15) is 18.4 Å². The van der Waals surface area contributed by atoms with Gasteiger partial charge >= 0.3 is 0 Å². The van der Waals surface area contributed by atoms with Crippen LogP contribution in [0.15, 0.2) is 72.8 Å². The third-order valence-corrected chi connectivity index (χ3v) is 8.00. The molecule has 0 spiro atoms. The van der Waals surface area contributed by atoms with Crippen LogP contribution in [0.2, 0.25) is 0 Å². The summed E-state index contributed by atoms with van der Waals surface area (Å²) in [4.78, 5) is 28.9. The Hall–Kier alpha value is -3.72. The summed E-state index contributed by atoms with van der Waals surface area (Å²) in [5, 5.41) is 2.91. The van der Waals surface area contributed by atoms with E-state index in [0.29, 0.717) is 12.2 Å². The molecule has 0 saturated carbocycles. The maximum Gasteiger partial charge on any atom is 0.244 e. The molecule has 0 saturated heterocycles. The lowest BCUT2D eigenvalue weighted by Gasteiger charge is -2.33. The first-order valence-corrected chi connectivity index (χ1v) is 15.3. The van der Waals surface area contributed by atoms with Crippen LogP contribution in [0.5, 0.6) is 0 Å². The van der Waals surface area contributed by atoms with Crippen LogP contribution in [-0.2, 0) is 32.6 Å². The first kappa shape index (κ1) is 30.8. The molecular weight excluding hydrogens is 529 g/mol. The molecule has 1 N–H and O–H groups in total. The van der Waals surface area contributed by atoms with Crippen molar-refractivity contribution in [3.8, 4) is 0 Å². The van der Waals surface area contributed by atoms with Gasteiger partial charge < -0.3 is 10.2 Å². The van der Waals surface area contributed by atoms with Crippen molar-refractivity contribution in [2.45, 2.75) is 52.6 Å². The van der Waals surface area contributed by atoms with Crippen LogP contribution in [0.1, 0.15) is 42.0 Å². The van der Waals surface area contributed by atoms with E-state index in [4.69, 9.17) is 0 Å². The van der Waals surface area contributed by atoms with Crippen molar-refractivity contribution >= 4 is 27.5 Å². The average molecular weight is 568 g/mol. The molecule has 0 aliphatic rings. The van der Waals surface area contributed by atoms with Crippen LogP contribution in [0.25, 0.3) is 0 Å². The van der Waals surface area contributed by atoms with Gasteiger partial charge in [0.15, 0.2) is 0 Å². The van der Waals surface area contributed by atoms with Crippen LogP contribution >= 0.6 is 0 Å². The molecule has 0 unspecified atom stereocenters. The number of carbonyl (C=O) groups excluding carboxylic acids is 2. The van der Waals surface area contributed by atoms with Gasteiger partial charge in [-0.3, -0.25) is 13.9 Å². The molecule has 2 amide bonds. The third kappa shape index (κ3) is 8.39. The zero-order chi connectivity index (χ0) is 29.3. The summed E-state index contributed by atoms with van der Waals surface area (Å²) >= 11 is 0. The van der Waals surface area contributed by atoms with Crippen LogP contribution < -0.4 is 9.62 Å². The quantitative estimate of drug-likeness (QED) is 0.302.